The van der Waals surface area contributed by atoms with Crippen LogP contribution in [0.5, 0.6) is 5.75 Å². The normalized spacial score (nSPS) is 27.3. The van der Waals surface area contributed by atoms with Crippen molar-refractivity contribution in [3.05, 3.63) is 148 Å². The molecule has 2 fully saturated rings. The van der Waals surface area contributed by atoms with E-state index < -0.39 is 23.4 Å². The molecule has 0 spiro atoms. The molecule has 4 aromatic carbocycles. The van der Waals surface area contributed by atoms with Gasteiger partial charge in [0.05, 0.1) is 18.6 Å². The van der Waals surface area contributed by atoms with Crippen molar-refractivity contribution in [3.8, 4) is 5.75 Å². The third-order valence-electron chi connectivity index (χ3n) is 10.3. The van der Waals surface area contributed by atoms with E-state index in [0.29, 0.717) is 53.2 Å². The van der Waals surface area contributed by atoms with Crippen LogP contribution in [0.25, 0.3) is 0 Å². The quantitative estimate of drug-likeness (QED) is 0.249. The minimum absolute atomic E-state index is 0.0983. The second-order valence-corrected chi connectivity index (χ2v) is 12.4. The van der Waals surface area contributed by atoms with Crippen molar-refractivity contribution < 1.29 is 24.2 Å². The molecule has 0 unspecified atom stereocenters. The van der Waals surface area contributed by atoms with Crippen molar-refractivity contribution in [2.45, 2.75) is 18.1 Å². The maximum absolute atomic E-state index is 14.4. The Morgan fingerprint density at radius 3 is 2.16 bits per heavy atom. The molecule has 4 aliphatic rings. The van der Waals surface area contributed by atoms with E-state index in [9.17, 15) is 19.5 Å². The van der Waals surface area contributed by atoms with Crippen LogP contribution in [0.15, 0.2) is 114 Å². The lowest BCUT2D eigenvalue weighted by Crippen LogP contribution is -2.60. The fourth-order valence-electron chi connectivity index (χ4n) is 8.52. The number of ketones is 3. The smallest absolute Gasteiger partial charge is 0.197 e. The van der Waals surface area contributed by atoms with Gasteiger partial charge in [-0.25, -0.2) is 0 Å². The predicted octanol–water partition coefficient (Wildman–Crippen LogP) is 5.62. The van der Waals surface area contributed by atoms with Crippen LogP contribution in [-0.4, -0.2) is 47.6 Å². The number of Topliss-reactive ketones (excluding diaryl/α,β-unsaturated/α-hetero) is 3. The first-order valence-electron chi connectivity index (χ1n) is 15.1. The van der Waals surface area contributed by atoms with Gasteiger partial charge in [0.1, 0.15) is 11.4 Å². The molecule has 1 heterocycles. The van der Waals surface area contributed by atoms with Crippen molar-refractivity contribution in [3.63, 3.8) is 0 Å². The standard InChI is InChI=1S/C38H31NO5/c1-44-24-13-9-12-23(18-24)31-28-20-39(19-22-10-3-2-4-11-22)21-30(38(43)29-17-8-7-16-27(29)37(42)34(31)38)32(28)33-35(40)25-14-5-6-15-26(25)36(33)41/h2-18,28,30-31,34,43H,19-21H2,1H3/t28-,30-,31+,34+,38-/m1/s1. The number of piperidine rings is 1. The molecule has 6 heteroatoms. The van der Waals surface area contributed by atoms with E-state index in [1.54, 1.807) is 37.4 Å². The summed E-state index contributed by atoms with van der Waals surface area (Å²) in [4.78, 5) is 44.9. The van der Waals surface area contributed by atoms with Gasteiger partial charge in [0.15, 0.2) is 17.3 Å². The SMILES string of the molecule is COc1cccc([C@@H]2[C@H]3C(=O)c4ccccc4[C@@]3(O)[C@@H]3CN(Cc4ccccc4)C[C@H]2C3=C2C(=O)c3ccccc3C2=O)c1. The van der Waals surface area contributed by atoms with Crippen LogP contribution in [0.2, 0.25) is 0 Å². The molecule has 218 valence electrons. The number of hydrogen-bond donors (Lipinski definition) is 1. The minimum Gasteiger partial charge on any atom is -0.497 e. The molecule has 3 aliphatic carbocycles. The molecule has 8 rings (SSSR count). The topological polar surface area (TPSA) is 83.9 Å². The molecule has 0 amide bonds. The first-order valence-corrected chi connectivity index (χ1v) is 15.1. The third-order valence-corrected chi connectivity index (χ3v) is 10.3. The molecule has 0 aromatic heterocycles. The van der Waals surface area contributed by atoms with Gasteiger partial charge in [0.25, 0.3) is 0 Å². The Kier molecular flexibility index (Phi) is 6.09. The molecular weight excluding hydrogens is 550 g/mol. The number of nitrogens with zero attached hydrogens (tertiary/aromatic N) is 1. The first-order chi connectivity index (χ1) is 21.4. The van der Waals surface area contributed by atoms with Crippen LogP contribution in [0, 0.1) is 17.8 Å². The summed E-state index contributed by atoms with van der Waals surface area (Å²) in [5.41, 5.74) is 3.06. The monoisotopic (exact) mass is 581 g/mol. The van der Waals surface area contributed by atoms with E-state index in [4.69, 9.17) is 4.74 Å². The molecule has 5 atom stereocenters. The van der Waals surface area contributed by atoms with Crippen molar-refractivity contribution in [2.24, 2.45) is 17.8 Å². The van der Waals surface area contributed by atoms with E-state index in [2.05, 4.69) is 17.0 Å². The summed E-state index contributed by atoms with van der Waals surface area (Å²) in [5, 5.41) is 13.2. The highest BCUT2D eigenvalue weighted by molar-refractivity contribution is 6.40. The van der Waals surface area contributed by atoms with Gasteiger partial charge in [-0.1, -0.05) is 91.0 Å². The number of carbonyl (C=O) groups is 3. The number of allylic oxidation sites excluding steroid dienone is 1. The molecule has 2 bridgehead atoms. The number of fused-ring (bicyclic) bond motifs is 7. The molecule has 1 aliphatic heterocycles. The summed E-state index contributed by atoms with van der Waals surface area (Å²) in [5.74, 6) is -2.34. The third kappa shape index (κ3) is 3.71. The maximum Gasteiger partial charge on any atom is 0.197 e. The Labute approximate surface area is 255 Å². The molecular formula is C38H31NO5. The van der Waals surface area contributed by atoms with E-state index in [1.807, 2.05) is 60.7 Å². The summed E-state index contributed by atoms with van der Waals surface area (Å²) in [6.07, 6.45) is 0. The van der Waals surface area contributed by atoms with Gasteiger partial charge in [-0.3, -0.25) is 19.3 Å². The number of likely N-dealkylation sites (tertiary alicyclic amines) is 1. The zero-order chi connectivity index (χ0) is 30.2. The van der Waals surface area contributed by atoms with Crippen LogP contribution >= 0.6 is 0 Å². The summed E-state index contributed by atoms with van der Waals surface area (Å²) in [7, 11) is 1.60. The molecule has 44 heavy (non-hydrogen) atoms. The molecule has 6 nitrogen and oxygen atoms in total. The minimum atomic E-state index is -1.62. The van der Waals surface area contributed by atoms with Gasteiger partial charge in [0.2, 0.25) is 0 Å². The van der Waals surface area contributed by atoms with Crippen molar-refractivity contribution in [1.82, 2.24) is 4.90 Å². The Hall–Kier alpha value is -4.65. The van der Waals surface area contributed by atoms with Gasteiger partial charge in [-0.2, -0.15) is 0 Å². The Bertz CT molecular complexity index is 1860. The summed E-state index contributed by atoms with van der Waals surface area (Å²) in [6.45, 7) is 1.57. The lowest BCUT2D eigenvalue weighted by Gasteiger charge is -2.56. The number of ether oxygens (including phenoxy) is 1. The maximum atomic E-state index is 14.4. The van der Waals surface area contributed by atoms with Crippen molar-refractivity contribution >= 4 is 17.3 Å². The van der Waals surface area contributed by atoms with E-state index in [-0.39, 0.29) is 28.8 Å². The summed E-state index contributed by atoms with van der Waals surface area (Å²) in [6, 6.07) is 32.1. The average molecular weight is 582 g/mol. The van der Waals surface area contributed by atoms with Gasteiger partial charge in [0, 0.05) is 54.1 Å². The van der Waals surface area contributed by atoms with Gasteiger partial charge in [-0.05, 0) is 34.4 Å². The van der Waals surface area contributed by atoms with Gasteiger partial charge in [-0.15, -0.1) is 0 Å². The van der Waals surface area contributed by atoms with E-state index >= 15 is 0 Å². The molecule has 1 N–H and O–H groups in total. The van der Waals surface area contributed by atoms with E-state index in [1.165, 1.54) is 0 Å². The lowest BCUT2D eigenvalue weighted by molar-refractivity contribution is -0.107. The van der Waals surface area contributed by atoms with Crippen molar-refractivity contribution in [1.29, 1.82) is 0 Å². The van der Waals surface area contributed by atoms with Crippen LogP contribution in [0.4, 0.5) is 0 Å². The lowest BCUT2D eigenvalue weighted by atomic mass is 9.53. The fraction of sp³-hybridized carbons (Fsp3) is 0.237. The van der Waals surface area contributed by atoms with Crippen LogP contribution in [0.1, 0.15) is 53.7 Å². The molecule has 1 saturated heterocycles. The number of carbonyl (C=O) groups excluding carboxylic acids is 3. The van der Waals surface area contributed by atoms with Gasteiger partial charge >= 0.3 is 0 Å². The molecule has 0 radical (unpaired) electrons. The number of rotatable bonds is 4. The zero-order valence-corrected chi connectivity index (χ0v) is 24.3. The average Bonchev–Trinajstić information content (AvgIpc) is 3.44. The second-order valence-electron chi connectivity index (χ2n) is 12.4. The fourth-order valence-corrected chi connectivity index (χ4v) is 8.52. The van der Waals surface area contributed by atoms with Crippen LogP contribution < -0.4 is 4.74 Å². The van der Waals surface area contributed by atoms with Crippen molar-refractivity contribution in [2.75, 3.05) is 20.2 Å². The summed E-state index contributed by atoms with van der Waals surface area (Å²) >= 11 is 0. The highest BCUT2D eigenvalue weighted by atomic mass is 16.5. The predicted molar refractivity (Wildman–Crippen MR) is 165 cm³/mol. The molecule has 4 aromatic rings. The van der Waals surface area contributed by atoms with Crippen LogP contribution in [-0.2, 0) is 12.1 Å². The second kappa shape index (κ2) is 9.94. The van der Waals surface area contributed by atoms with Crippen LogP contribution in [0.3, 0.4) is 0 Å². The number of hydrogen-bond acceptors (Lipinski definition) is 6. The Morgan fingerprint density at radius 1 is 0.795 bits per heavy atom. The first kappa shape index (κ1) is 26.9. The van der Waals surface area contributed by atoms with Gasteiger partial charge < -0.3 is 9.84 Å². The molecule has 1 saturated carbocycles. The Balaban J connectivity index is 1.40. The van der Waals surface area contributed by atoms with E-state index in [0.717, 1.165) is 11.1 Å². The zero-order valence-electron chi connectivity index (χ0n) is 24.3. The summed E-state index contributed by atoms with van der Waals surface area (Å²) < 4.78 is 5.60. The highest BCUT2D eigenvalue weighted by Crippen LogP contribution is 2.64. The largest absolute Gasteiger partial charge is 0.497 e. The number of aliphatic hydroxyl groups is 1. The number of benzene rings is 4. The number of methoxy groups -OCH3 is 1. The highest BCUT2D eigenvalue weighted by Gasteiger charge is 2.66. The Morgan fingerprint density at radius 2 is 1.45 bits per heavy atom.